The van der Waals surface area contributed by atoms with Crippen LogP contribution < -0.4 is 0 Å². The molecular weight excluding hydrogens is 310 g/mol. The van der Waals surface area contributed by atoms with Gasteiger partial charge in [-0.3, -0.25) is 0 Å². The van der Waals surface area contributed by atoms with Crippen LogP contribution in [0.5, 0.6) is 0 Å². The molecule has 0 saturated carbocycles. The fourth-order valence-corrected chi connectivity index (χ4v) is 3.82. The van der Waals surface area contributed by atoms with Crippen molar-refractivity contribution in [2.45, 2.75) is 26.2 Å². The Balaban J connectivity index is 2.43. The topological polar surface area (TPSA) is 33.1 Å². The zero-order valence-corrected chi connectivity index (χ0v) is 12.9. The Hall–Kier alpha value is -0.710. The van der Waals surface area contributed by atoms with Gasteiger partial charge >= 0.3 is 0 Å². The lowest BCUT2D eigenvalue weighted by Gasteiger charge is -2.08. The van der Waals surface area contributed by atoms with E-state index in [0.717, 1.165) is 27.2 Å². The first-order chi connectivity index (χ1) is 8.67. The van der Waals surface area contributed by atoms with Crippen molar-refractivity contribution in [1.82, 2.24) is 4.98 Å². The molecule has 2 aromatic rings. The van der Waals surface area contributed by atoms with Crippen LogP contribution in [0.2, 0.25) is 0 Å². The molecule has 0 saturated heterocycles. The highest BCUT2D eigenvalue weighted by Gasteiger charge is 2.17. The summed E-state index contributed by atoms with van der Waals surface area (Å²) in [5.41, 5.74) is 2.15. The van der Waals surface area contributed by atoms with Gasteiger partial charge in [0.15, 0.2) is 0 Å². The van der Waals surface area contributed by atoms with E-state index in [9.17, 15) is 5.11 Å². The van der Waals surface area contributed by atoms with E-state index in [2.05, 4.69) is 33.9 Å². The highest BCUT2D eigenvalue weighted by molar-refractivity contribution is 9.10. The van der Waals surface area contributed by atoms with Crippen LogP contribution in [-0.2, 0) is 0 Å². The van der Waals surface area contributed by atoms with Gasteiger partial charge in [-0.15, -0.1) is 11.3 Å². The van der Waals surface area contributed by atoms with E-state index < -0.39 is 0 Å². The Bertz CT molecular complexity index is 534. The molecule has 0 aliphatic carbocycles. The SMILES string of the molecule is CCC(CO)c1sc(-c2ccccc2Br)nc1C. The number of aliphatic hydroxyl groups excluding tert-OH is 1. The summed E-state index contributed by atoms with van der Waals surface area (Å²) in [4.78, 5) is 5.84. The van der Waals surface area contributed by atoms with Crippen LogP contribution in [-0.4, -0.2) is 16.7 Å². The second kappa shape index (κ2) is 5.95. The third-order valence-electron chi connectivity index (χ3n) is 3.02. The van der Waals surface area contributed by atoms with Gasteiger partial charge in [-0.25, -0.2) is 4.98 Å². The fourth-order valence-electron chi connectivity index (χ4n) is 1.93. The summed E-state index contributed by atoms with van der Waals surface area (Å²) < 4.78 is 1.06. The number of benzene rings is 1. The molecule has 0 fully saturated rings. The van der Waals surface area contributed by atoms with E-state index >= 15 is 0 Å². The first-order valence-corrected chi connectivity index (χ1v) is 7.61. The molecule has 18 heavy (non-hydrogen) atoms. The van der Waals surface area contributed by atoms with Crippen molar-refractivity contribution in [2.75, 3.05) is 6.61 Å². The second-order valence-corrected chi connectivity index (χ2v) is 6.12. The molecule has 1 heterocycles. The molecule has 4 heteroatoms. The Morgan fingerprint density at radius 1 is 1.39 bits per heavy atom. The third-order valence-corrected chi connectivity index (χ3v) is 5.07. The number of rotatable bonds is 4. The summed E-state index contributed by atoms with van der Waals surface area (Å²) >= 11 is 5.24. The predicted octanol–water partition coefficient (Wildman–Crippen LogP) is 4.37. The Kier molecular flexibility index (Phi) is 4.54. The highest BCUT2D eigenvalue weighted by Crippen LogP contribution is 2.36. The zero-order chi connectivity index (χ0) is 13.1. The van der Waals surface area contributed by atoms with Gasteiger partial charge in [0.05, 0.1) is 12.3 Å². The molecule has 2 nitrogen and oxygen atoms in total. The smallest absolute Gasteiger partial charge is 0.125 e. The highest BCUT2D eigenvalue weighted by atomic mass is 79.9. The molecule has 0 radical (unpaired) electrons. The van der Waals surface area contributed by atoms with Gasteiger partial charge in [0.2, 0.25) is 0 Å². The monoisotopic (exact) mass is 325 g/mol. The number of aromatic nitrogens is 1. The molecule has 1 aromatic heterocycles. The number of halogens is 1. The normalized spacial score (nSPS) is 12.7. The summed E-state index contributed by atoms with van der Waals surface area (Å²) in [5, 5.41) is 10.4. The second-order valence-electron chi connectivity index (χ2n) is 4.24. The number of thiazole rings is 1. The summed E-state index contributed by atoms with van der Waals surface area (Å²) in [5.74, 6) is 0.207. The summed E-state index contributed by atoms with van der Waals surface area (Å²) in [7, 11) is 0. The minimum Gasteiger partial charge on any atom is -0.396 e. The van der Waals surface area contributed by atoms with Crippen molar-refractivity contribution in [1.29, 1.82) is 0 Å². The summed E-state index contributed by atoms with van der Waals surface area (Å²) in [6.07, 6.45) is 0.939. The fraction of sp³-hybridized carbons (Fsp3) is 0.357. The number of hydrogen-bond acceptors (Lipinski definition) is 3. The number of aryl methyl sites for hydroxylation is 1. The maximum Gasteiger partial charge on any atom is 0.125 e. The van der Waals surface area contributed by atoms with Crippen molar-refractivity contribution < 1.29 is 5.11 Å². The molecular formula is C14H16BrNOS. The van der Waals surface area contributed by atoms with Gasteiger partial charge in [-0.2, -0.15) is 0 Å². The minimum absolute atomic E-state index is 0.189. The van der Waals surface area contributed by atoms with Crippen molar-refractivity contribution >= 4 is 27.3 Å². The number of hydrogen-bond donors (Lipinski definition) is 1. The molecule has 1 aromatic carbocycles. The molecule has 0 spiro atoms. The molecule has 2 rings (SSSR count). The minimum atomic E-state index is 0.189. The van der Waals surface area contributed by atoms with Crippen LogP contribution in [0.3, 0.4) is 0 Å². The molecule has 0 bridgehead atoms. The standard InChI is InChI=1S/C14H16BrNOS/c1-3-10(8-17)13-9(2)16-14(18-13)11-6-4-5-7-12(11)15/h4-7,10,17H,3,8H2,1-2H3. The summed E-state index contributed by atoms with van der Waals surface area (Å²) in [6.45, 7) is 4.30. The molecule has 0 amide bonds. The lowest BCUT2D eigenvalue weighted by Crippen LogP contribution is -2.01. The zero-order valence-electron chi connectivity index (χ0n) is 10.5. The number of nitrogens with zero attached hydrogens (tertiary/aromatic N) is 1. The van der Waals surface area contributed by atoms with Crippen LogP contribution in [0.15, 0.2) is 28.7 Å². The van der Waals surface area contributed by atoms with Crippen LogP contribution >= 0.6 is 27.3 Å². The summed E-state index contributed by atoms with van der Waals surface area (Å²) in [6, 6.07) is 8.10. The Labute approximate surface area is 120 Å². The maximum absolute atomic E-state index is 9.41. The van der Waals surface area contributed by atoms with E-state index in [-0.39, 0.29) is 12.5 Å². The average molecular weight is 326 g/mol. The van der Waals surface area contributed by atoms with Gasteiger partial charge < -0.3 is 5.11 Å². The molecule has 1 N–H and O–H groups in total. The third kappa shape index (κ3) is 2.66. The van der Waals surface area contributed by atoms with Crippen LogP contribution in [0, 0.1) is 6.92 Å². The lowest BCUT2D eigenvalue weighted by atomic mass is 10.1. The largest absolute Gasteiger partial charge is 0.396 e. The van der Waals surface area contributed by atoms with E-state index in [1.807, 2.05) is 25.1 Å². The predicted molar refractivity (Wildman–Crippen MR) is 80.1 cm³/mol. The first kappa shape index (κ1) is 13.7. The van der Waals surface area contributed by atoms with Crippen molar-refractivity contribution in [3.05, 3.63) is 39.3 Å². The van der Waals surface area contributed by atoms with Gasteiger partial charge in [-0.05, 0) is 19.4 Å². The van der Waals surface area contributed by atoms with Gasteiger partial charge in [0.1, 0.15) is 5.01 Å². The van der Waals surface area contributed by atoms with Crippen molar-refractivity contribution in [2.24, 2.45) is 0 Å². The average Bonchev–Trinajstić information content (AvgIpc) is 2.74. The van der Waals surface area contributed by atoms with Crippen molar-refractivity contribution in [3.63, 3.8) is 0 Å². The molecule has 96 valence electrons. The Morgan fingerprint density at radius 3 is 2.72 bits per heavy atom. The van der Waals surface area contributed by atoms with Crippen LogP contribution in [0.1, 0.15) is 29.8 Å². The maximum atomic E-state index is 9.41. The molecule has 0 aliphatic rings. The van der Waals surface area contributed by atoms with Crippen LogP contribution in [0.25, 0.3) is 10.6 Å². The van der Waals surface area contributed by atoms with Gasteiger partial charge in [-0.1, -0.05) is 41.1 Å². The van der Waals surface area contributed by atoms with Crippen molar-refractivity contribution in [3.8, 4) is 10.6 Å². The Morgan fingerprint density at radius 2 is 2.11 bits per heavy atom. The molecule has 1 atom stereocenters. The molecule has 0 aliphatic heterocycles. The molecule has 1 unspecified atom stereocenters. The first-order valence-electron chi connectivity index (χ1n) is 6.00. The van der Waals surface area contributed by atoms with Crippen LogP contribution in [0.4, 0.5) is 0 Å². The van der Waals surface area contributed by atoms with E-state index in [0.29, 0.717) is 0 Å². The quantitative estimate of drug-likeness (QED) is 0.905. The van der Waals surface area contributed by atoms with E-state index in [1.54, 1.807) is 11.3 Å². The van der Waals surface area contributed by atoms with Gasteiger partial charge in [0, 0.05) is 20.8 Å². The number of aliphatic hydroxyl groups is 1. The van der Waals surface area contributed by atoms with Gasteiger partial charge in [0.25, 0.3) is 0 Å². The van der Waals surface area contributed by atoms with E-state index in [4.69, 9.17) is 0 Å². The lowest BCUT2D eigenvalue weighted by molar-refractivity contribution is 0.263. The van der Waals surface area contributed by atoms with E-state index in [1.165, 1.54) is 4.88 Å².